The van der Waals surface area contributed by atoms with Gasteiger partial charge in [0.05, 0.1) is 11.3 Å². The molecule has 29 heavy (non-hydrogen) atoms. The summed E-state index contributed by atoms with van der Waals surface area (Å²) in [5, 5.41) is 8.13. The molecule has 3 aromatic carbocycles. The molecule has 3 aromatic rings. The van der Waals surface area contributed by atoms with Crippen molar-refractivity contribution in [2.75, 3.05) is 16.0 Å². The van der Waals surface area contributed by atoms with E-state index in [1.165, 1.54) is 18.2 Å². The van der Waals surface area contributed by atoms with Crippen LogP contribution < -0.4 is 16.0 Å². The second-order valence-corrected chi connectivity index (χ2v) is 6.48. The number of para-hydroxylation sites is 1. The molecule has 0 aliphatic heterocycles. The molecule has 1 unspecified atom stereocenters. The van der Waals surface area contributed by atoms with Gasteiger partial charge in [0.2, 0.25) is 0 Å². The number of hydrogen-bond acceptors (Lipinski definition) is 2. The molecule has 0 aliphatic carbocycles. The van der Waals surface area contributed by atoms with Crippen molar-refractivity contribution < 1.29 is 18.0 Å². The fourth-order valence-electron chi connectivity index (χ4n) is 2.85. The van der Waals surface area contributed by atoms with Crippen LogP contribution in [-0.2, 0) is 6.18 Å². The summed E-state index contributed by atoms with van der Waals surface area (Å²) < 4.78 is 39.1. The van der Waals surface area contributed by atoms with E-state index in [2.05, 4.69) is 16.0 Å². The maximum absolute atomic E-state index is 13.0. The minimum absolute atomic E-state index is 0.0946. The van der Waals surface area contributed by atoms with Crippen LogP contribution >= 0.6 is 0 Å². The normalized spacial score (nSPS) is 12.1. The van der Waals surface area contributed by atoms with E-state index in [0.717, 1.165) is 17.3 Å². The molecule has 2 amide bonds. The number of carbonyl (C=O) groups excluding carboxylic acids is 1. The molecule has 0 fully saturated rings. The Balaban J connectivity index is 1.61. The Bertz CT molecular complexity index is 957. The molecule has 0 heterocycles. The summed E-state index contributed by atoms with van der Waals surface area (Å²) in [7, 11) is 0. The zero-order valence-corrected chi connectivity index (χ0v) is 15.6. The molecule has 0 aliphatic rings. The van der Waals surface area contributed by atoms with Crippen LogP contribution in [0, 0.1) is 0 Å². The molecule has 150 valence electrons. The van der Waals surface area contributed by atoms with Gasteiger partial charge in [-0.25, -0.2) is 4.79 Å². The van der Waals surface area contributed by atoms with E-state index >= 15 is 0 Å². The van der Waals surface area contributed by atoms with Crippen molar-refractivity contribution in [3.63, 3.8) is 0 Å². The molecule has 0 spiro atoms. The third kappa shape index (κ3) is 5.51. The first kappa shape index (κ1) is 20.3. The molecule has 7 heteroatoms. The highest BCUT2D eigenvalue weighted by atomic mass is 19.4. The number of benzene rings is 3. The lowest BCUT2D eigenvalue weighted by Gasteiger charge is -2.16. The standard InChI is InChI=1S/C22H20F3N3O/c1-15(16-7-3-2-4-8-16)26-17-11-13-18(14-12-17)27-21(29)28-20-10-6-5-9-19(20)22(23,24)25/h2-15,26H,1H3,(H2,27,28,29). The monoisotopic (exact) mass is 399 g/mol. The summed E-state index contributed by atoms with van der Waals surface area (Å²) in [5.74, 6) is 0. The van der Waals surface area contributed by atoms with Gasteiger partial charge in [-0.3, -0.25) is 0 Å². The summed E-state index contributed by atoms with van der Waals surface area (Å²) in [6.45, 7) is 2.03. The van der Waals surface area contributed by atoms with Crippen LogP contribution in [0.15, 0.2) is 78.9 Å². The molecular formula is C22H20F3N3O. The predicted octanol–water partition coefficient (Wildman–Crippen LogP) is 6.52. The van der Waals surface area contributed by atoms with E-state index in [-0.39, 0.29) is 11.7 Å². The fraction of sp³-hybridized carbons (Fsp3) is 0.136. The number of amides is 2. The van der Waals surface area contributed by atoms with Crippen LogP contribution in [0.3, 0.4) is 0 Å². The number of nitrogens with one attached hydrogen (secondary N) is 3. The predicted molar refractivity (Wildman–Crippen MR) is 109 cm³/mol. The summed E-state index contributed by atoms with van der Waals surface area (Å²) in [6.07, 6.45) is -4.55. The van der Waals surface area contributed by atoms with Crippen LogP contribution in [0.5, 0.6) is 0 Å². The first-order valence-corrected chi connectivity index (χ1v) is 8.99. The highest BCUT2D eigenvalue weighted by molar-refractivity contribution is 6.00. The Morgan fingerprint density at radius 2 is 1.38 bits per heavy atom. The minimum Gasteiger partial charge on any atom is -0.379 e. The first-order chi connectivity index (χ1) is 13.8. The Labute approximate surface area is 166 Å². The Morgan fingerprint density at radius 3 is 2.03 bits per heavy atom. The third-order valence-corrected chi connectivity index (χ3v) is 4.31. The van der Waals surface area contributed by atoms with Gasteiger partial charge in [-0.1, -0.05) is 42.5 Å². The smallest absolute Gasteiger partial charge is 0.379 e. The number of halogens is 3. The Hall–Kier alpha value is -3.48. The minimum atomic E-state index is -4.55. The molecule has 0 bridgehead atoms. The van der Waals surface area contributed by atoms with Crippen molar-refractivity contribution in [2.24, 2.45) is 0 Å². The number of anilines is 3. The van der Waals surface area contributed by atoms with E-state index in [1.807, 2.05) is 37.3 Å². The average molecular weight is 399 g/mol. The van der Waals surface area contributed by atoms with Crippen LogP contribution in [-0.4, -0.2) is 6.03 Å². The van der Waals surface area contributed by atoms with Crippen molar-refractivity contribution >= 4 is 23.1 Å². The molecule has 3 rings (SSSR count). The summed E-state index contributed by atoms with van der Waals surface area (Å²) in [4.78, 5) is 12.1. The van der Waals surface area contributed by atoms with Gasteiger partial charge in [0, 0.05) is 17.4 Å². The quantitative estimate of drug-likeness (QED) is 0.457. The van der Waals surface area contributed by atoms with Gasteiger partial charge in [0.15, 0.2) is 0 Å². The lowest BCUT2D eigenvalue weighted by Crippen LogP contribution is -2.21. The van der Waals surface area contributed by atoms with Gasteiger partial charge in [0.1, 0.15) is 0 Å². The van der Waals surface area contributed by atoms with Crippen molar-refractivity contribution in [1.82, 2.24) is 0 Å². The topological polar surface area (TPSA) is 53.2 Å². The second kappa shape index (κ2) is 8.68. The van der Waals surface area contributed by atoms with Gasteiger partial charge in [-0.2, -0.15) is 13.2 Å². The third-order valence-electron chi connectivity index (χ3n) is 4.31. The summed E-state index contributed by atoms with van der Waals surface area (Å²) in [6, 6.07) is 21.0. The van der Waals surface area contributed by atoms with Crippen LogP contribution in [0.25, 0.3) is 0 Å². The number of urea groups is 1. The lowest BCUT2D eigenvalue weighted by molar-refractivity contribution is -0.136. The highest BCUT2D eigenvalue weighted by Crippen LogP contribution is 2.34. The zero-order chi connectivity index (χ0) is 20.9. The molecular weight excluding hydrogens is 379 g/mol. The SMILES string of the molecule is CC(Nc1ccc(NC(=O)Nc2ccccc2C(F)(F)F)cc1)c1ccccc1. The summed E-state index contributed by atoms with van der Waals surface area (Å²) >= 11 is 0. The second-order valence-electron chi connectivity index (χ2n) is 6.48. The number of carbonyl (C=O) groups is 1. The highest BCUT2D eigenvalue weighted by Gasteiger charge is 2.33. The molecule has 1 atom stereocenters. The van der Waals surface area contributed by atoms with Crippen molar-refractivity contribution in [2.45, 2.75) is 19.1 Å². The van der Waals surface area contributed by atoms with E-state index < -0.39 is 17.8 Å². The molecule has 0 saturated heterocycles. The number of alkyl halides is 3. The zero-order valence-electron chi connectivity index (χ0n) is 15.6. The molecule has 0 saturated carbocycles. The first-order valence-electron chi connectivity index (χ1n) is 8.99. The maximum atomic E-state index is 13.0. The average Bonchev–Trinajstić information content (AvgIpc) is 2.69. The van der Waals surface area contributed by atoms with Gasteiger partial charge in [0.25, 0.3) is 0 Å². The van der Waals surface area contributed by atoms with Gasteiger partial charge in [-0.05, 0) is 48.9 Å². The van der Waals surface area contributed by atoms with Crippen LogP contribution in [0.2, 0.25) is 0 Å². The van der Waals surface area contributed by atoms with Crippen molar-refractivity contribution in [1.29, 1.82) is 0 Å². The van der Waals surface area contributed by atoms with Gasteiger partial charge >= 0.3 is 12.2 Å². The number of rotatable bonds is 5. The van der Waals surface area contributed by atoms with Crippen molar-refractivity contribution in [3.8, 4) is 0 Å². The van der Waals surface area contributed by atoms with E-state index in [1.54, 1.807) is 24.3 Å². The fourth-order valence-corrected chi connectivity index (χ4v) is 2.85. The molecule has 0 aromatic heterocycles. The van der Waals surface area contributed by atoms with E-state index in [0.29, 0.717) is 5.69 Å². The Kier molecular flexibility index (Phi) is 6.07. The lowest BCUT2D eigenvalue weighted by atomic mass is 10.1. The van der Waals surface area contributed by atoms with Crippen molar-refractivity contribution in [3.05, 3.63) is 90.0 Å². The maximum Gasteiger partial charge on any atom is 0.418 e. The van der Waals surface area contributed by atoms with Gasteiger partial charge < -0.3 is 16.0 Å². The molecule has 0 radical (unpaired) electrons. The molecule has 3 N–H and O–H groups in total. The van der Waals surface area contributed by atoms with E-state index in [4.69, 9.17) is 0 Å². The Morgan fingerprint density at radius 1 is 0.793 bits per heavy atom. The summed E-state index contributed by atoms with van der Waals surface area (Å²) in [5.41, 5.74) is 1.26. The van der Waals surface area contributed by atoms with Crippen LogP contribution in [0.4, 0.5) is 35.0 Å². The largest absolute Gasteiger partial charge is 0.418 e. The number of hydrogen-bond donors (Lipinski definition) is 3. The molecule has 4 nitrogen and oxygen atoms in total. The van der Waals surface area contributed by atoms with Crippen LogP contribution in [0.1, 0.15) is 24.1 Å². The van der Waals surface area contributed by atoms with Gasteiger partial charge in [-0.15, -0.1) is 0 Å². The van der Waals surface area contributed by atoms with E-state index in [9.17, 15) is 18.0 Å².